The van der Waals surface area contributed by atoms with Crippen LogP contribution in [-0.4, -0.2) is 31.9 Å². The number of aromatic nitrogens is 4. The fourth-order valence-corrected chi connectivity index (χ4v) is 2.74. The van der Waals surface area contributed by atoms with Gasteiger partial charge in [-0.3, -0.25) is 0 Å². The monoisotopic (exact) mass is 242 g/mol. The summed E-state index contributed by atoms with van der Waals surface area (Å²) < 4.78 is 1.61. The predicted octanol–water partition coefficient (Wildman–Crippen LogP) is 1.02. The third-order valence-corrected chi connectivity index (χ3v) is 3.80. The van der Waals surface area contributed by atoms with Crippen molar-refractivity contribution in [2.24, 2.45) is 0 Å². The van der Waals surface area contributed by atoms with Crippen LogP contribution in [0.15, 0.2) is 22.7 Å². The molecule has 0 aliphatic rings. The normalized spacial score (nSPS) is 10.7. The molecule has 1 N–H and O–H groups in total. The Morgan fingerprint density at radius 2 is 2.47 bits per heavy atom. The average Bonchev–Trinajstić information content (AvgIpc) is 2.85. The van der Waals surface area contributed by atoms with Gasteiger partial charge >= 0.3 is 0 Å². The Hall–Kier alpha value is -0.920. The summed E-state index contributed by atoms with van der Waals surface area (Å²) in [6.45, 7) is 0.497. The molecule has 7 heteroatoms. The van der Waals surface area contributed by atoms with E-state index in [-0.39, 0.29) is 6.61 Å². The maximum Gasteiger partial charge on any atom is 0.209 e. The maximum atomic E-state index is 8.79. The second-order valence-electron chi connectivity index (χ2n) is 2.78. The summed E-state index contributed by atoms with van der Waals surface area (Å²) in [6, 6.07) is 4.11. The smallest absolute Gasteiger partial charge is 0.209 e. The van der Waals surface area contributed by atoms with Crippen molar-refractivity contribution < 1.29 is 5.11 Å². The van der Waals surface area contributed by atoms with Gasteiger partial charge in [-0.2, -0.15) is 0 Å². The summed E-state index contributed by atoms with van der Waals surface area (Å²) in [6.07, 6.45) is 0. The van der Waals surface area contributed by atoms with E-state index in [0.717, 1.165) is 10.9 Å². The van der Waals surface area contributed by atoms with Crippen molar-refractivity contribution in [1.82, 2.24) is 20.2 Å². The lowest BCUT2D eigenvalue weighted by atomic mass is 10.5. The summed E-state index contributed by atoms with van der Waals surface area (Å²) in [5, 5.41) is 22.8. The van der Waals surface area contributed by atoms with Gasteiger partial charge in [-0.05, 0) is 21.9 Å². The molecule has 2 aromatic rings. The number of thiophene rings is 1. The summed E-state index contributed by atoms with van der Waals surface area (Å²) in [5.41, 5.74) is 0. The van der Waals surface area contributed by atoms with Gasteiger partial charge in [0.1, 0.15) is 0 Å². The zero-order valence-corrected chi connectivity index (χ0v) is 9.54. The highest BCUT2D eigenvalue weighted by Crippen LogP contribution is 2.22. The molecule has 0 bridgehead atoms. The van der Waals surface area contributed by atoms with Crippen molar-refractivity contribution in [3.63, 3.8) is 0 Å². The van der Waals surface area contributed by atoms with E-state index in [0.29, 0.717) is 6.54 Å². The van der Waals surface area contributed by atoms with Gasteiger partial charge in [0.05, 0.1) is 13.2 Å². The summed E-state index contributed by atoms with van der Waals surface area (Å²) >= 11 is 3.29. The molecule has 0 aromatic carbocycles. The highest BCUT2D eigenvalue weighted by molar-refractivity contribution is 7.98. The molecule has 0 radical (unpaired) electrons. The van der Waals surface area contributed by atoms with Crippen LogP contribution in [0.2, 0.25) is 0 Å². The van der Waals surface area contributed by atoms with Crippen molar-refractivity contribution >= 4 is 23.1 Å². The number of hydrogen-bond acceptors (Lipinski definition) is 6. The first kappa shape index (κ1) is 10.6. The van der Waals surface area contributed by atoms with Gasteiger partial charge in [-0.1, -0.05) is 17.8 Å². The van der Waals surface area contributed by atoms with E-state index in [2.05, 4.69) is 21.6 Å². The fourth-order valence-electron chi connectivity index (χ4n) is 1.07. The fraction of sp³-hybridized carbons (Fsp3) is 0.375. The molecule has 0 saturated heterocycles. The van der Waals surface area contributed by atoms with Crippen LogP contribution < -0.4 is 0 Å². The van der Waals surface area contributed by atoms with Gasteiger partial charge < -0.3 is 5.11 Å². The number of aliphatic hydroxyl groups excluding tert-OH is 1. The third-order valence-electron chi connectivity index (χ3n) is 1.73. The minimum atomic E-state index is 0.0532. The quantitative estimate of drug-likeness (QED) is 0.793. The Bertz CT molecular complexity index is 400. The van der Waals surface area contributed by atoms with Crippen LogP contribution in [0.4, 0.5) is 0 Å². The second-order valence-corrected chi connectivity index (χ2v) is 4.75. The number of rotatable bonds is 5. The number of nitrogens with zero attached hydrogens (tertiary/aromatic N) is 4. The van der Waals surface area contributed by atoms with Crippen LogP contribution in [0, 0.1) is 0 Å². The first-order valence-electron chi connectivity index (χ1n) is 4.42. The minimum Gasteiger partial charge on any atom is -0.394 e. The van der Waals surface area contributed by atoms with E-state index in [4.69, 9.17) is 5.11 Å². The number of tetrazole rings is 1. The lowest BCUT2D eigenvalue weighted by Gasteiger charge is -2.00. The van der Waals surface area contributed by atoms with Crippen molar-refractivity contribution in [3.05, 3.63) is 22.4 Å². The van der Waals surface area contributed by atoms with E-state index in [1.165, 1.54) is 4.88 Å². The highest BCUT2D eigenvalue weighted by Gasteiger charge is 2.06. The number of thioether (sulfide) groups is 1. The lowest BCUT2D eigenvalue weighted by Crippen LogP contribution is -2.05. The first-order valence-corrected chi connectivity index (χ1v) is 6.29. The minimum absolute atomic E-state index is 0.0532. The Labute approximate surface area is 95.1 Å². The summed E-state index contributed by atoms with van der Waals surface area (Å²) in [4.78, 5) is 1.29. The standard InChI is InChI=1S/C8H10N4OS2/c13-4-3-12-8(9-10-11-12)15-6-7-2-1-5-14-7/h1-2,5,13H,3-4,6H2. The molecule has 0 aliphatic carbocycles. The molecule has 5 nitrogen and oxygen atoms in total. The van der Waals surface area contributed by atoms with Gasteiger partial charge in [0, 0.05) is 10.6 Å². The van der Waals surface area contributed by atoms with E-state index in [1.807, 2.05) is 11.4 Å². The van der Waals surface area contributed by atoms with E-state index >= 15 is 0 Å². The maximum absolute atomic E-state index is 8.79. The van der Waals surface area contributed by atoms with Gasteiger partial charge in [0.15, 0.2) is 0 Å². The molecule has 2 heterocycles. The van der Waals surface area contributed by atoms with Crippen molar-refractivity contribution in [3.8, 4) is 0 Å². The molecule has 0 atom stereocenters. The number of aliphatic hydroxyl groups is 1. The van der Waals surface area contributed by atoms with E-state index in [1.54, 1.807) is 27.8 Å². The van der Waals surface area contributed by atoms with E-state index in [9.17, 15) is 0 Å². The van der Waals surface area contributed by atoms with Crippen LogP contribution in [0.5, 0.6) is 0 Å². The summed E-state index contributed by atoms with van der Waals surface area (Å²) in [7, 11) is 0. The molecule has 0 amide bonds. The molecule has 0 spiro atoms. The van der Waals surface area contributed by atoms with Gasteiger partial charge in [-0.15, -0.1) is 16.4 Å². The lowest BCUT2D eigenvalue weighted by molar-refractivity contribution is 0.262. The van der Waals surface area contributed by atoms with E-state index < -0.39 is 0 Å². The van der Waals surface area contributed by atoms with Gasteiger partial charge in [0.2, 0.25) is 5.16 Å². The van der Waals surface area contributed by atoms with Crippen LogP contribution in [0.3, 0.4) is 0 Å². The van der Waals surface area contributed by atoms with Gasteiger partial charge in [0.25, 0.3) is 0 Å². The molecule has 2 rings (SSSR count). The summed E-state index contributed by atoms with van der Waals surface area (Å²) in [5.74, 6) is 0.865. The molecule has 2 aromatic heterocycles. The highest BCUT2D eigenvalue weighted by atomic mass is 32.2. The Morgan fingerprint density at radius 3 is 3.20 bits per heavy atom. The topological polar surface area (TPSA) is 63.8 Å². The van der Waals surface area contributed by atoms with Crippen LogP contribution in [0.1, 0.15) is 4.88 Å². The molecule has 0 unspecified atom stereocenters. The van der Waals surface area contributed by atoms with Crippen LogP contribution in [0.25, 0.3) is 0 Å². The molecular weight excluding hydrogens is 232 g/mol. The molecule has 80 valence electrons. The van der Waals surface area contributed by atoms with Crippen molar-refractivity contribution in [1.29, 1.82) is 0 Å². The molecule has 0 saturated carbocycles. The Balaban J connectivity index is 1.95. The first-order chi connectivity index (χ1) is 7.40. The SMILES string of the molecule is OCCn1nnnc1SCc1cccs1. The zero-order chi connectivity index (χ0) is 10.5. The average molecular weight is 242 g/mol. The predicted molar refractivity (Wildman–Crippen MR) is 58.8 cm³/mol. The molecular formula is C8H10N4OS2. The Kier molecular flexibility index (Phi) is 3.70. The van der Waals surface area contributed by atoms with Crippen molar-refractivity contribution in [2.45, 2.75) is 17.5 Å². The Morgan fingerprint density at radius 1 is 1.53 bits per heavy atom. The second kappa shape index (κ2) is 5.24. The molecule has 15 heavy (non-hydrogen) atoms. The van der Waals surface area contributed by atoms with Crippen LogP contribution in [-0.2, 0) is 12.3 Å². The third kappa shape index (κ3) is 2.77. The number of hydrogen-bond donors (Lipinski definition) is 1. The largest absolute Gasteiger partial charge is 0.394 e. The molecule has 0 fully saturated rings. The van der Waals surface area contributed by atoms with Crippen LogP contribution >= 0.6 is 23.1 Å². The molecule has 0 aliphatic heterocycles. The van der Waals surface area contributed by atoms with Gasteiger partial charge in [-0.25, -0.2) is 4.68 Å². The zero-order valence-electron chi connectivity index (χ0n) is 7.91. The van der Waals surface area contributed by atoms with Crippen molar-refractivity contribution in [2.75, 3.05) is 6.61 Å².